The lowest BCUT2D eigenvalue weighted by atomic mass is 9.93. The number of aryl methyl sites for hydroxylation is 1. The Morgan fingerprint density at radius 2 is 2.35 bits per heavy atom. The van der Waals surface area contributed by atoms with Gasteiger partial charge in [-0.15, -0.1) is 0 Å². The Labute approximate surface area is 97.7 Å². The van der Waals surface area contributed by atoms with Crippen LogP contribution in [0.1, 0.15) is 36.6 Å². The SMILES string of the molecule is Cc1nn(C2CCC2)c2[nH]cc(C#N)c(=O)c12. The van der Waals surface area contributed by atoms with Crippen molar-refractivity contribution in [3.8, 4) is 6.07 Å². The molecule has 86 valence electrons. The first kappa shape index (κ1) is 10.1. The molecule has 0 amide bonds. The van der Waals surface area contributed by atoms with Crippen LogP contribution in [0, 0.1) is 18.3 Å². The van der Waals surface area contributed by atoms with Crippen molar-refractivity contribution in [2.24, 2.45) is 0 Å². The van der Waals surface area contributed by atoms with Gasteiger partial charge in [0.2, 0.25) is 5.43 Å². The molecule has 0 aliphatic heterocycles. The highest BCUT2D eigenvalue weighted by Crippen LogP contribution is 2.33. The van der Waals surface area contributed by atoms with Crippen LogP contribution in [-0.2, 0) is 0 Å². The maximum Gasteiger partial charge on any atom is 0.210 e. The highest BCUT2D eigenvalue weighted by atomic mass is 16.1. The largest absolute Gasteiger partial charge is 0.345 e. The number of nitrogens with zero attached hydrogens (tertiary/aromatic N) is 3. The van der Waals surface area contributed by atoms with Crippen LogP contribution < -0.4 is 5.43 Å². The average Bonchev–Trinajstić information content (AvgIpc) is 2.55. The number of hydrogen-bond acceptors (Lipinski definition) is 3. The highest BCUT2D eigenvalue weighted by molar-refractivity contribution is 5.79. The summed E-state index contributed by atoms with van der Waals surface area (Å²) < 4.78 is 1.90. The van der Waals surface area contributed by atoms with E-state index in [1.807, 2.05) is 17.7 Å². The van der Waals surface area contributed by atoms with Gasteiger partial charge in [0.05, 0.1) is 17.1 Å². The summed E-state index contributed by atoms with van der Waals surface area (Å²) in [7, 11) is 0. The third kappa shape index (κ3) is 1.30. The van der Waals surface area contributed by atoms with Gasteiger partial charge in [0.15, 0.2) is 0 Å². The predicted molar refractivity (Wildman–Crippen MR) is 62.7 cm³/mol. The molecule has 0 radical (unpaired) electrons. The Morgan fingerprint density at radius 3 is 2.94 bits per heavy atom. The van der Waals surface area contributed by atoms with Gasteiger partial charge in [0, 0.05) is 6.20 Å². The van der Waals surface area contributed by atoms with Gasteiger partial charge in [-0.05, 0) is 26.2 Å². The van der Waals surface area contributed by atoms with E-state index in [4.69, 9.17) is 5.26 Å². The van der Waals surface area contributed by atoms with Crippen LogP contribution in [-0.4, -0.2) is 14.8 Å². The number of pyridine rings is 1. The van der Waals surface area contributed by atoms with Gasteiger partial charge in [-0.2, -0.15) is 10.4 Å². The fraction of sp³-hybridized carbons (Fsp3) is 0.417. The van der Waals surface area contributed by atoms with Gasteiger partial charge >= 0.3 is 0 Å². The van der Waals surface area contributed by atoms with Crippen LogP contribution in [0.25, 0.3) is 11.0 Å². The molecule has 1 N–H and O–H groups in total. The first-order valence-electron chi connectivity index (χ1n) is 5.73. The molecule has 1 aliphatic carbocycles. The van der Waals surface area contributed by atoms with Crippen LogP contribution >= 0.6 is 0 Å². The van der Waals surface area contributed by atoms with E-state index in [2.05, 4.69) is 10.1 Å². The average molecular weight is 228 g/mol. The van der Waals surface area contributed by atoms with Crippen molar-refractivity contribution in [3.05, 3.63) is 27.7 Å². The predicted octanol–water partition coefficient (Wildman–Crippen LogP) is 1.63. The Kier molecular flexibility index (Phi) is 2.05. The summed E-state index contributed by atoms with van der Waals surface area (Å²) in [4.78, 5) is 15.1. The summed E-state index contributed by atoms with van der Waals surface area (Å²) in [6, 6.07) is 2.30. The van der Waals surface area contributed by atoms with E-state index >= 15 is 0 Å². The fourth-order valence-electron chi connectivity index (χ4n) is 2.28. The summed E-state index contributed by atoms with van der Waals surface area (Å²) in [6.45, 7) is 1.81. The number of H-pyrrole nitrogens is 1. The van der Waals surface area contributed by atoms with E-state index in [1.54, 1.807) is 0 Å². The molecule has 0 spiro atoms. The Hall–Kier alpha value is -2.09. The molecular weight excluding hydrogens is 216 g/mol. The number of hydrogen-bond donors (Lipinski definition) is 1. The van der Waals surface area contributed by atoms with Crippen molar-refractivity contribution in [2.45, 2.75) is 32.2 Å². The van der Waals surface area contributed by atoms with Crippen LogP contribution in [0.4, 0.5) is 0 Å². The number of nitriles is 1. The minimum atomic E-state index is -0.218. The van der Waals surface area contributed by atoms with Crippen molar-refractivity contribution < 1.29 is 0 Å². The molecule has 0 atom stereocenters. The smallest absolute Gasteiger partial charge is 0.210 e. The minimum Gasteiger partial charge on any atom is -0.345 e. The summed E-state index contributed by atoms with van der Waals surface area (Å²) in [5.74, 6) is 0. The minimum absolute atomic E-state index is 0.147. The van der Waals surface area contributed by atoms with E-state index in [0.717, 1.165) is 18.5 Å². The van der Waals surface area contributed by atoms with Crippen LogP contribution in [0.15, 0.2) is 11.0 Å². The van der Waals surface area contributed by atoms with Crippen molar-refractivity contribution in [1.82, 2.24) is 14.8 Å². The van der Waals surface area contributed by atoms with Crippen molar-refractivity contribution >= 4 is 11.0 Å². The normalized spacial score (nSPS) is 15.8. The first-order valence-corrected chi connectivity index (χ1v) is 5.73. The molecule has 0 bridgehead atoms. The summed E-state index contributed by atoms with van der Waals surface area (Å²) >= 11 is 0. The standard InChI is InChI=1S/C12H12N4O/c1-7-10-11(17)8(5-13)6-14-12(10)16(15-7)9-3-2-4-9/h6,9H,2-4H2,1H3,(H,14,17). The number of rotatable bonds is 1. The molecule has 17 heavy (non-hydrogen) atoms. The van der Waals surface area contributed by atoms with E-state index in [-0.39, 0.29) is 11.0 Å². The topological polar surface area (TPSA) is 74.5 Å². The summed E-state index contributed by atoms with van der Waals surface area (Å²) in [6.07, 6.45) is 4.91. The van der Waals surface area contributed by atoms with Gasteiger partial charge in [-0.3, -0.25) is 4.79 Å². The highest BCUT2D eigenvalue weighted by Gasteiger charge is 2.24. The molecule has 0 aromatic carbocycles. The molecule has 0 saturated heterocycles. The second-order valence-corrected chi connectivity index (χ2v) is 4.48. The number of aromatic nitrogens is 3. The number of fused-ring (bicyclic) bond motifs is 1. The molecule has 2 aromatic rings. The molecular formula is C12H12N4O. The second kappa shape index (κ2) is 3.45. The van der Waals surface area contributed by atoms with Gasteiger partial charge < -0.3 is 4.98 Å². The van der Waals surface area contributed by atoms with Crippen LogP contribution in [0.5, 0.6) is 0 Å². The first-order chi connectivity index (χ1) is 8.22. The summed E-state index contributed by atoms with van der Waals surface area (Å²) in [5.41, 5.74) is 1.37. The van der Waals surface area contributed by atoms with Crippen molar-refractivity contribution in [2.75, 3.05) is 0 Å². The molecule has 2 heterocycles. The molecule has 3 rings (SSSR count). The zero-order valence-electron chi connectivity index (χ0n) is 9.53. The van der Waals surface area contributed by atoms with Gasteiger partial charge in [0.25, 0.3) is 0 Å². The van der Waals surface area contributed by atoms with E-state index in [9.17, 15) is 4.79 Å². The molecule has 0 unspecified atom stereocenters. The Bertz CT molecular complexity index is 685. The fourth-order valence-corrected chi connectivity index (χ4v) is 2.28. The van der Waals surface area contributed by atoms with Crippen LogP contribution in [0.2, 0.25) is 0 Å². The lowest BCUT2D eigenvalue weighted by Crippen LogP contribution is -2.19. The molecule has 2 aromatic heterocycles. The molecule has 5 nitrogen and oxygen atoms in total. The Balaban J connectivity index is 2.33. The monoisotopic (exact) mass is 228 g/mol. The maximum atomic E-state index is 12.0. The lowest BCUT2D eigenvalue weighted by molar-refractivity contribution is 0.295. The van der Waals surface area contributed by atoms with Crippen molar-refractivity contribution in [3.63, 3.8) is 0 Å². The third-order valence-corrected chi connectivity index (χ3v) is 3.45. The Morgan fingerprint density at radius 1 is 1.59 bits per heavy atom. The van der Waals surface area contributed by atoms with E-state index < -0.39 is 0 Å². The van der Waals surface area contributed by atoms with E-state index in [0.29, 0.717) is 17.1 Å². The van der Waals surface area contributed by atoms with Gasteiger partial charge in [-0.25, -0.2) is 4.68 Å². The quantitative estimate of drug-likeness (QED) is 0.806. The molecule has 5 heteroatoms. The van der Waals surface area contributed by atoms with Crippen LogP contribution in [0.3, 0.4) is 0 Å². The zero-order chi connectivity index (χ0) is 12.0. The number of nitrogens with one attached hydrogen (secondary N) is 1. The zero-order valence-corrected chi connectivity index (χ0v) is 9.53. The molecule has 1 saturated carbocycles. The molecule has 1 fully saturated rings. The maximum absolute atomic E-state index is 12.0. The van der Waals surface area contributed by atoms with Gasteiger partial charge in [0.1, 0.15) is 17.3 Å². The third-order valence-electron chi connectivity index (χ3n) is 3.45. The summed E-state index contributed by atoms with van der Waals surface area (Å²) in [5, 5.41) is 13.8. The number of aromatic amines is 1. The van der Waals surface area contributed by atoms with Crippen molar-refractivity contribution in [1.29, 1.82) is 5.26 Å². The molecule has 1 aliphatic rings. The van der Waals surface area contributed by atoms with Gasteiger partial charge in [-0.1, -0.05) is 0 Å². The second-order valence-electron chi connectivity index (χ2n) is 4.48. The lowest BCUT2D eigenvalue weighted by Gasteiger charge is -2.26. The van der Waals surface area contributed by atoms with E-state index in [1.165, 1.54) is 12.6 Å².